The molecule has 63 heavy (non-hydrogen) atoms. The van der Waals surface area contributed by atoms with Crippen LogP contribution in [0.1, 0.15) is 5.56 Å². The van der Waals surface area contributed by atoms with E-state index >= 15 is 0 Å². The summed E-state index contributed by atoms with van der Waals surface area (Å²) in [5.74, 6) is 1.48. The fourth-order valence-electron chi connectivity index (χ4n) is 10.3. The molecule has 0 spiro atoms. The van der Waals surface area contributed by atoms with E-state index in [-0.39, 0.29) is 0 Å². The van der Waals surface area contributed by atoms with Crippen molar-refractivity contribution in [1.29, 1.82) is 0 Å². The molecule has 5 heterocycles. The Morgan fingerprint density at radius 3 is 1.79 bits per heavy atom. The maximum Gasteiger partial charge on any atom is 0.163 e. The third kappa shape index (κ3) is 4.92. The maximum absolute atomic E-state index is 6.83. The topological polar surface area (TPSA) is 48.8 Å². The molecule has 0 bridgehead atoms. The minimum atomic E-state index is 0.633. The Balaban J connectivity index is 1.14. The lowest BCUT2D eigenvalue weighted by Crippen LogP contribution is -2.07. The van der Waals surface area contributed by atoms with Gasteiger partial charge in [-0.25, -0.2) is 9.97 Å². The lowest BCUT2D eigenvalue weighted by atomic mass is 9.99. The van der Waals surface area contributed by atoms with Gasteiger partial charge in [-0.2, -0.15) is 0 Å². The van der Waals surface area contributed by atoms with Crippen molar-refractivity contribution >= 4 is 108 Å². The Labute approximate surface area is 364 Å². The van der Waals surface area contributed by atoms with Gasteiger partial charge in [-0.15, -0.1) is 11.3 Å². The summed E-state index contributed by atoms with van der Waals surface area (Å²) in [6.45, 7) is 2.19. The van der Waals surface area contributed by atoms with Gasteiger partial charge < -0.3 is 8.98 Å². The summed E-state index contributed by atoms with van der Waals surface area (Å²) in [5, 5.41) is 11.6. The Bertz CT molecular complexity index is 4190. The zero-order valence-corrected chi connectivity index (χ0v) is 34.8. The molecule has 294 valence electrons. The summed E-state index contributed by atoms with van der Waals surface area (Å²) in [6.07, 6.45) is 0. The number of para-hydroxylation sites is 4. The second-order valence-electron chi connectivity index (χ2n) is 16.5. The molecule has 9 aromatic carbocycles. The number of benzene rings is 9. The average Bonchev–Trinajstić information content (AvgIpc) is 4.08. The molecule has 14 aromatic rings. The molecule has 0 aliphatic carbocycles. The molecule has 0 N–H and O–H groups in total. The van der Waals surface area contributed by atoms with E-state index < -0.39 is 0 Å². The smallest absolute Gasteiger partial charge is 0.163 e. The van der Waals surface area contributed by atoms with Crippen LogP contribution < -0.4 is 0 Å². The van der Waals surface area contributed by atoms with Gasteiger partial charge >= 0.3 is 0 Å². The Morgan fingerprint density at radius 2 is 1.03 bits per heavy atom. The number of nitrogens with zero attached hydrogens (tertiary/aromatic N) is 4. The van der Waals surface area contributed by atoms with Gasteiger partial charge in [-0.3, -0.25) is 4.57 Å². The number of rotatable bonds is 4. The van der Waals surface area contributed by atoms with Crippen LogP contribution in [-0.4, -0.2) is 19.1 Å². The van der Waals surface area contributed by atoms with Crippen LogP contribution >= 0.6 is 11.3 Å². The molecule has 5 nitrogen and oxygen atoms in total. The van der Waals surface area contributed by atoms with Crippen LogP contribution in [0.5, 0.6) is 0 Å². The van der Waals surface area contributed by atoms with Crippen LogP contribution in [0.4, 0.5) is 0 Å². The molecule has 0 fully saturated rings. The van der Waals surface area contributed by atoms with Crippen molar-refractivity contribution in [1.82, 2.24) is 19.1 Å². The standard InChI is InChI=1S/C57H34N4OS/c1-33-55(42-22-14-28-52-54(42)41-21-8-13-27-51(41)63-52)58-56(59-57(33)61-46-24-10-4-17-37(46)38-18-5-11-25-47(38)61)44-31-36(32-50-53(44)40-20-7-12-26-49(40)62-50)60-45-23-9-6-19-39(45)43-29-34-15-2-3-16-35(34)30-48(43)60/h2-32H,1H3. The van der Waals surface area contributed by atoms with Crippen molar-refractivity contribution in [2.24, 2.45) is 0 Å². The third-order valence-electron chi connectivity index (χ3n) is 13.1. The number of aromatic nitrogens is 4. The van der Waals surface area contributed by atoms with Crippen LogP contribution in [0.15, 0.2) is 192 Å². The van der Waals surface area contributed by atoms with Crippen LogP contribution in [0, 0.1) is 6.92 Å². The van der Waals surface area contributed by atoms with E-state index in [0.29, 0.717) is 5.82 Å². The normalized spacial score (nSPS) is 12.2. The molecule has 0 amide bonds. The lowest BCUT2D eigenvalue weighted by Gasteiger charge is -2.17. The highest BCUT2D eigenvalue weighted by Crippen LogP contribution is 2.45. The first kappa shape index (κ1) is 34.6. The molecular formula is C57H34N4OS. The number of furan rings is 1. The van der Waals surface area contributed by atoms with E-state index in [1.54, 1.807) is 0 Å². The fraction of sp³-hybridized carbons (Fsp3) is 0.0175. The molecule has 6 heteroatoms. The predicted molar refractivity (Wildman–Crippen MR) is 264 cm³/mol. The monoisotopic (exact) mass is 822 g/mol. The molecule has 0 saturated carbocycles. The highest BCUT2D eigenvalue weighted by atomic mass is 32.1. The van der Waals surface area contributed by atoms with E-state index in [0.717, 1.165) is 77.9 Å². The maximum atomic E-state index is 6.83. The number of fused-ring (bicyclic) bond motifs is 13. The third-order valence-corrected chi connectivity index (χ3v) is 14.2. The molecule has 5 aromatic heterocycles. The zero-order chi connectivity index (χ0) is 41.3. The zero-order valence-electron chi connectivity index (χ0n) is 34.0. The van der Waals surface area contributed by atoms with Gasteiger partial charge in [0, 0.05) is 75.2 Å². The number of hydrogen-bond acceptors (Lipinski definition) is 4. The van der Waals surface area contributed by atoms with E-state index in [9.17, 15) is 0 Å². The molecule has 0 radical (unpaired) electrons. The van der Waals surface area contributed by atoms with Crippen molar-refractivity contribution < 1.29 is 4.42 Å². The SMILES string of the molecule is Cc1c(-c2cccc3sc4ccccc4c23)nc(-c2cc(-n3c4ccccc4c4cc5ccccc5cc43)cc3oc4ccccc4c23)nc1-n1c2ccccc2c2ccccc21. The summed E-state index contributed by atoms with van der Waals surface area (Å²) in [4.78, 5) is 11.5. The summed E-state index contributed by atoms with van der Waals surface area (Å²) >= 11 is 1.83. The van der Waals surface area contributed by atoms with Crippen molar-refractivity contribution in [3.63, 3.8) is 0 Å². The quantitative estimate of drug-likeness (QED) is 0.178. The predicted octanol–water partition coefficient (Wildman–Crippen LogP) is 15.7. The van der Waals surface area contributed by atoms with Crippen LogP contribution in [0.25, 0.3) is 131 Å². The highest BCUT2D eigenvalue weighted by molar-refractivity contribution is 7.25. The molecule has 0 unspecified atom stereocenters. The van der Waals surface area contributed by atoms with E-state index in [1.807, 2.05) is 17.4 Å². The van der Waals surface area contributed by atoms with Gasteiger partial charge in [0.2, 0.25) is 0 Å². The largest absolute Gasteiger partial charge is 0.456 e. The van der Waals surface area contributed by atoms with Crippen molar-refractivity contribution in [2.75, 3.05) is 0 Å². The molecule has 0 aliphatic rings. The summed E-state index contributed by atoms with van der Waals surface area (Å²) in [5.41, 5.74) is 10.9. The first-order valence-electron chi connectivity index (χ1n) is 21.3. The van der Waals surface area contributed by atoms with E-state index in [4.69, 9.17) is 14.4 Å². The van der Waals surface area contributed by atoms with Gasteiger partial charge in [0.25, 0.3) is 0 Å². The summed E-state index contributed by atoms with van der Waals surface area (Å²) < 4.78 is 14.0. The summed E-state index contributed by atoms with van der Waals surface area (Å²) in [7, 11) is 0. The van der Waals surface area contributed by atoms with Crippen molar-refractivity contribution in [3.05, 3.63) is 194 Å². The van der Waals surface area contributed by atoms with Gasteiger partial charge in [-0.05, 0) is 72.3 Å². The second-order valence-corrected chi connectivity index (χ2v) is 17.6. The van der Waals surface area contributed by atoms with Crippen LogP contribution in [0.2, 0.25) is 0 Å². The van der Waals surface area contributed by atoms with Crippen molar-refractivity contribution in [3.8, 4) is 34.2 Å². The Kier molecular flexibility index (Phi) is 7.13. The minimum Gasteiger partial charge on any atom is -0.456 e. The van der Waals surface area contributed by atoms with Crippen LogP contribution in [0.3, 0.4) is 0 Å². The second kappa shape index (κ2) is 13.0. The average molecular weight is 823 g/mol. The van der Waals surface area contributed by atoms with E-state index in [1.165, 1.54) is 52.5 Å². The highest BCUT2D eigenvalue weighted by Gasteiger charge is 2.25. The fourth-order valence-corrected chi connectivity index (χ4v) is 11.4. The van der Waals surface area contributed by atoms with E-state index in [2.05, 4.69) is 198 Å². The van der Waals surface area contributed by atoms with Gasteiger partial charge in [0.05, 0.1) is 33.4 Å². The van der Waals surface area contributed by atoms with Crippen molar-refractivity contribution in [2.45, 2.75) is 6.92 Å². The van der Waals surface area contributed by atoms with Gasteiger partial charge in [-0.1, -0.05) is 127 Å². The molecule has 0 aliphatic heterocycles. The Hall–Kier alpha value is -8.06. The summed E-state index contributed by atoms with van der Waals surface area (Å²) in [6, 6.07) is 67.4. The minimum absolute atomic E-state index is 0.633. The van der Waals surface area contributed by atoms with Crippen LogP contribution in [-0.2, 0) is 0 Å². The molecular weight excluding hydrogens is 789 g/mol. The number of hydrogen-bond donors (Lipinski definition) is 0. The molecule has 0 saturated heterocycles. The Morgan fingerprint density at radius 1 is 0.429 bits per heavy atom. The first-order chi connectivity index (χ1) is 31.2. The first-order valence-corrected chi connectivity index (χ1v) is 22.1. The lowest BCUT2D eigenvalue weighted by molar-refractivity contribution is 0.668. The van der Waals surface area contributed by atoms with Gasteiger partial charge in [0.1, 0.15) is 17.0 Å². The number of thiophene rings is 1. The molecule has 0 atom stereocenters. The van der Waals surface area contributed by atoms with Gasteiger partial charge in [0.15, 0.2) is 5.82 Å². The molecule has 14 rings (SSSR count).